The predicted octanol–water partition coefficient (Wildman–Crippen LogP) is 1.59. The molecule has 2 nitrogen and oxygen atoms in total. The van der Waals surface area contributed by atoms with Gasteiger partial charge in [0, 0.05) is 6.04 Å². The van der Waals surface area contributed by atoms with Crippen molar-refractivity contribution in [3.05, 3.63) is 42.2 Å². The first kappa shape index (κ1) is 8.74. The van der Waals surface area contributed by atoms with Crippen LogP contribution >= 0.6 is 0 Å². The van der Waals surface area contributed by atoms with Gasteiger partial charge in [-0.2, -0.15) is 0 Å². The maximum Gasteiger partial charge on any atom is 0.146 e. The molecule has 0 fully saturated rings. The molecule has 12 heavy (non-hydrogen) atoms. The van der Waals surface area contributed by atoms with Gasteiger partial charge in [-0.05, 0) is 17.7 Å². The molecule has 64 valence electrons. The van der Waals surface area contributed by atoms with E-state index in [0.717, 1.165) is 5.56 Å². The van der Waals surface area contributed by atoms with E-state index in [2.05, 4.69) is 6.58 Å². The number of anilines is 1. The molecule has 0 bridgehead atoms. The van der Waals surface area contributed by atoms with Gasteiger partial charge >= 0.3 is 0 Å². The van der Waals surface area contributed by atoms with Gasteiger partial charge in [0.15, 0.2) is 0 Å². The lowest BCUT2D eigenvalue weighted by Gasteiger charge is -2.07. The predicted molar refractivity (Wildman–Crippen MR) is 47.9 cm³/mol. The molecule has 0 spiro atoms. The quantitative estimate of drug-likeness (QED) is 0.518. The van der Waals surface area contributed by atoms with Crippen LogP contribution in [0.25, 0.3) is 0 Å². The highest BCUT2D eigenvalue weighted by molar-refractivity contribution is 5.43. The lowest BCUT2D eigenvalue weighted by atomic mass is 10.1. The number of nitrogens with two attached hydrogens (primary N) is 2. The number of hydrogen-bond acceptors (Lipinski definition) is 2. The van der Waals surface area contributed by atoms with E-state index in [1.165, 1.54) is 12.1 Å². The molecule has 0 aliphatic heterocycles. The summed E-state index contributed by atoms with van der Waals surface area (Å²) < 4.78 is 12.7. The van der Waals surface area contributed by atoms with Crippen LogP contribution in [-0.2, 0) is 0 Å². The summed E-state index contributed by atoms with van der Waals surface area (Å²) in [6, 6.07) is 4.13. The van der Waals surface area contributed by atoms with Gasteiger partial charge in [0.05, 0.1) is 5.69 Å². The summed E-state index contributed by atoms with van der Waals surface area (Å²) in [6.45, 7) is 3.53. The molecular formula is C9H11FN2. The molecule has 0 aromatic heterocycles. The van der Waals surface area contributed by atoms with Crippen LogP contribution in [0.3, 0.4) is 0 Å². The Morgan fingerprint density at radius 2 is 2.17 bits per heavy atom. The van der Waals surface area contributed by atoms with E-state index in [9.17, 15) is 4.39 Å². The Kier molecular flexibility index (Phi) is 2.45. The first-order valence-electron chi connectivity index (χ1n) is 3.58. The van der Waals surface area contributed by atoms with E-state index in [-0.39, 0.29) is 11.7 Å². The monoisotopic (exact) mass is 166 g/mol. The fourth-order valence-electron chi connectivity index (χ4n) is 0.906. The van der Waals surface area contributed by atoms with Crippen molar-refractivity contribution < 1.29 is 4.39 Å². The Hall–Kier alpha value is -1.35. The van der Waals surface area contributed by atoms with Crippen molar-refractivity contribution in [1.29, 1.82) is 0 Å². The van der Waals surface area contributed by atoms with Crippen molar-refractivity contribution >= 4 is 5.69 Å². The molecular weight excluding hydrogens is 155 g/mol. The van der Waals surface area contributed by atoms with E-state index in [4.69, 9.17) is 11.5 Å². The fourth-order valence-corrected chi connectivity index (χ4v) is 0.906. The summed E-state index contributed by atoms with van der Waals surface area (Å²) in [5.41, 5.74) is 11.8. The Labute approximate surface area is 70.7 Å². The zero-order valence-corrected chi connectivity index (χ0v) is 6.63. The summed E-state index contributed by atoms with van der Waals surface area (Å²) >= 11 is 0. The highest BCUT2D eigenvalue weighted by Gasteiger charge is 2.03. The molecule has 0 heterocycles. The van der Waals surface area contributed by atoms with E-state index >= 15 is 0 Å². The largest absolute Gasteiger partial charge is 0.396 e. The minimum Gasteiger partial charge on any atom is -0.396 e. The Bertz CT molecular complexity index is 297. The molecule has 1 aromatic carbocycles. The minimum atomic E-state index is -0.421. The highest BCUT2D eigenvalue weighted by Crippen LogP contribution is 2.17. The summed E-state index contributed by atoms with van der Waals surface area (Å²) in [5.74, 6) is -0.421. The van der Waals surface area contributed by atoms with Gasteiger partial charge in [-0.3, -0.25) is 0 Å². The van der Waals surface area contributed by atoms with Gasteiger partial charge in [-0.1, -0.05) is 12.1 Å². The van der Waals surface area contributed by atoms with E-state index in [1.54, 1.807) is 12.1 Å². The third-order valence-corrected chi connectivity index (χ3v) is 1.66. The van der Waals surface area contributed by atoms with Gasteiger partial charge in [0.1, 0.15) is 5.82 Å². The average molecular weight is 166 g/mol. The molecule has 0 aliphatic carbocycles. The van der Waals surface area contributed by atoms with Crippen LogP contribution in [0.4, 0.5) is 10.1 Å². The fraction of sp³-hybridized carbons (Fsp3) is 0.111. The number of hydrogen-bond donors (Lipinski definition) is 2. The maximum atomic E-state index is 12.7. The first-order chi connectivity index (χ1) is 5.65. The zero-order valence-electron chi connectivity index (χ0n) is 6.63. The molecule has 3 heteroatoms. The van der Waals surface area contributed by atoms with Gasteiger partial charge in [-0.15, -0.1) is 6.58 Å². The van der Waals surface area contributed by atoms with Crippen LogP contribution in [0, 0.1) is 5.82 Å². The number of rotatable bonds is 2. The SMILES string of the molecule is C=CC(N)c1ccc(F)c(N)c1. The van der Waals surface area contributed by atoms with E-state index in [1.807, 2.05) is 0 Å². The molecule has 1 atom stereocenters. The molecule has 0 saturated heterocycles. The molecule has 1 aromatic rings. The van der Waals surface area contributed by atoms with Crippen molar-refractivity contribution in [1.82, 2.24) is 0 Å². The smallest absolute Gasteiger partial charge is 0.146 e. The summed E-state index contributed by atoms with van der Waals surface area (Å²) in [6.07, 6.45) is 1.58. The van der Waals surface area contributed by atoms with Crippen LogP contribution in [0.2, 0.25) is 0 Å². The number of halogens is 1. The van der Waals surface area contributed by atoms with Crippen LogP contribution in [0.15, 0.2) is 30.9 Å². The van der Waals surface area contributed by atoms with Gasteiger partial charge < -0.3 is 11.5 Å². The Morgan fingerprint density at radius 1 is 1.50 bits per heavy atom. The summed E-state index contributed by atoms with van der Waals surface area (Å²) in [4.78, 5) is 0. The zero-order chi connectivity index (χ0) is 9.14. The highest BCUT2D eigenvalue weighted by atomic mass is 19.1. The molecule has 1 unspecified atom stereocenters. The van der Waals surface area contributed by atoms with Crippen molar-refractivity contribution in [2.24, 2.45) is 5.73 Å². The summed E-state index contributed by atoms with van der Waals surface area (Å²) in [7, 11) is 0. The Morgan fingerprint density at radius 3 is 2.67 bits per heavy atom. The van der Waals surface area contributed by atoms with Crippen LogP contribution < -0.4 is 11.5 Å². The van der Waals surface area contributed by atoms with Crippen molar-refractivity contribution in [2.45, 2.75) is 6.04 Å². The van der Waals surface area contributed by atoms with Crippen molar-refractivity contribution in [3.63, 3.8) is 0 Å². The van der Waals surface area contributed by atoms with Crippen molar-refractivity contribution in [2.75, 3.05) is 5.73 Å². The second kappa shape index (κ2) is 3.36. The lowest BCUT2D eigenvalue weighted by Crippen LogP contribution is -2.07. The number of benzene rings is 1. The molecule has 0 amide bonds. The normalized spacial score (nSPS) is 12.5. The van der Waals surface area contributed by atoms with Gasteiger partial charge in [0.2, 0.25) is 0 Å². The third kappa shape index (κ3) is 1.62. The average Bonchev–Trinajstić information content (AvgIpc) is 2.08. The van der Waals surface area contributed by atoms with Gasteiger partial charge in [0.25, 0.3) is 0 Å². The molecule has 1 rings (SSSR count). The molecule has 0 aliphatic rings. The molecule has 0 saturated carbocycles. The van der Waals surface area contributed by atoms with Crippen molar-refractivity contribution in [3.8, 4) is 0 Å². The second-order valence-corrected chi connectivity index (χ2v) is 2.54. The maximum absolute atomic E-state index is 12.7. The minimum absolute atomic E-state index is 0.116. The van der Waals surface area contributed by atoms with Crippen LogP contribution in [0.5, 0.6) is 0 Å². The standard InChI is InChI=1S/C9H11FN2/c1-2-8(11)6-3-4-7(10)9(12)5-6/h2-5,8H,1,11-12H2. The van der Waals surface area contributed by atoms with E-state index in [0.29, 0.717) is 0 Å². The van der Waals surface area contributed by atoms with Crippen LogP contribution in [-0.4, -0.2) is 0 Å². The van der Waals surface area contributed by atoms with Gasteiger partial charge in [-0.25, -0.2) is 4.39 Å². The first-order valence-corrected chi connectivity index (χ1v) is 3.58. The third-order valence-electron chi connectivity index (χ3n) is 1.66. The topological polar surface area (TPSA) is 52.0 Å². The second-order valence-electron chi connectivity index (χ2n) is 2.54. The lowest BCUT2D eigenvalue weighted by molar-refractivity contribution is 0.631. The summed E-state index contributed by atoms with van der Waals surface area (Å²) in [5, 5.41) is 0. The number of nitrogen functional groups attached to an aromatic ring is 1. The Balaban J connectivity index is 3.04. The molecule has 0 radical (unpaired) electrons. The molecule has 4 N–H and O–H groups in total. The van der Waals surface area contributed by atoms with E-state index < -0.39 is 5.82 Å². The van der Waals surface area contributed by atoms with Crippen LogP contribution in [0.1, 0.15) is 11.6 Å².